The van der Waals surface area contributed by atoms with Gasteiger partial charge >= 0.3 is 5.97 Å². The van der Waals surface area contributed by atoms with Crippen LogP contribution >= 0.6 is 11.6 Å². The van der Waals surface area contributed by atoms with E-state index in [1.165, 1.54) is 18.2 Å². The zero-order chi connectivity index (χ0) is 25.3. The molecule has 184 valence electrons. The first kappa shape index (κ1) is 23.9. The smallest absolute Gasteiger partial charge is 0.336 e. The van der Waals surface area contributed by atoms with E-state index >= 15 is 0 Å². The Labute approximate surface area is 213 Å². The van der Waals surface area contributed by atoms with Crippen molar-refractivity contribution in [3.63, 3.8) is 0 Å². The minimum absolute atomic E-state index is 0.0595. The molecule has 1 aliphatic heterocycles. The summed E-state index contributed by atoms with van der Waals surface area (Å²) in [4.78, 5) is 21.2. The lowest BCUT2D eigenvalue weighted by Crippen LogP contribution is -2.47. The van der Waals surface area contributed by atoms with Crippen LogP contribution in [0.5, 0.6) is 0 Å². The number of anilines is 3. The number of carbonyl (C=O) groups is 1. The van der Waals surface area contributed by atoms with Crippen molar-refractivity contribution in [2.45, 2.75) is 4.90 Å². The molecular weight excluding hydrogens is 500 g/mol. The van der Waals surface area contributed by atoms with Crippen LogP contribution in [0.25, 0.3) is 10.9 Å². The average Bonchev–Trinajstić information content (AvgIpc) is 2.89. The highest BCUT2D eigenvalue weighted by Gasteiger charge is 2.22. The van der Waals surface area contributed by atoms with Gasteiger partial charge in [-0.3, -0.25) is 4.72 Å². The Morgan fingerprint density at radius 2 is 1.56 bits per heavy atom. The molecule has 1 fully saturated rings. The first-order valence-electron chi connectivity index (χ1n) is 11.3. The van der Waals surface area contributed by atoms with Gasteiger partial charge in [-0.1, -0.05) is 41.9 Å². The minimum Gasteiger partial charge on any atom is -0.478 e. The highest BCUT2D eigenvalue weighted by atomic mass is 35.5. The van der Waals surface area contributed by atoms with Gasteiger partial charge in [0.1, 0.15) is 5.82 Å². The summed E-state index contributed by atoms with van der Waals surface area (Å²) in [6, 6.07) is 21.9. The number of pyridine rings is 1. The molecule has 8 nitrogen and oxygen atoms in total. The number of fused-ring (bicyclic) bond motifs is 1. The molecular formula is C26H23ClN4O4S. The molecule has 36 heavy (non-hydrogen) atoms. The molecule has 0 spiro atoms. The van der Waals surface area contributed by atoms with Crippen LogP contribution in [0.3, 0.4) is 0 Å². The number of halogens is 1. The summed E-state index contributed by atoms with van der Waals surface area (Å²) in [7, 11) is -3.81. The van der Waals surface area contributed by atoms with Gasteiger partial charge in [-0.25, -0.2) is 18.2 Å². The Balaban J connectivity index is 1.41. The summed E-state index contributed by atoms with van der Waals surface area (Å²) in [6.45, 7) is 2.73. The van der Waals surface area contributed by atoms with Gasteiger partial charge in [-0.05, 0) is 48.5 Å². The van der Waals surface area contributed by atoms with Crippen molar-refractivity contribution in [2.24, 2.45) is 0 Å². The Kier molecular flexibility index (Phi) is 6.42. The van der Waals surface area contributed by atoms with E-state index < -0.39 is 16.0 Å². The van der Waals surface area contributed by atoms with E-state index in [4.69, 9.17) is 16.6 Å². The molecule has 10 heteroatoms. The van der Waals surface area contributed by atoms with Crippen molar-refractivity contribution in [3.8, 4) is 0 Å². The molecule has 4 aromatic rings. The largest absolute Gasteiger partial charge is 0.478 e. The lowest BCUT2D eigenvalue weighted by atomic mass is 10.1. The maximum Gasteiger partial charge on any atom is 0.336 e. The van der Waals surface area contributed by atoms with Crippen LogP contribution in [-0.4, -0.2) is 50.7 Å². The molecule has 0 bridgehead atoms. The minimum atomic E-state index is -3.81. The maximum atomic E-state index is 12.7. The third-order valence-electron chi connectivity index (χ3n) is 6.13. The summed E-state index contributed by atoms with van der Waals surface area (Å²) in [5.41, 5.74) is 1.77. The number of para-hydroxylation sites is 1. The van der Waals surface area contributed by atoms with Crippen LogP contribution in [0.4, 0.5) is 17.2 Å². The highest BCUT2D eigenvalue weighted by molar-refractivity contribution is 7.92. The molecule has 0 unspecified atom stereocenters. The van der Waals surface area contributed by atoms with Crippen LogP contribution in [0.2, 0.25) is 5.02 Å². The van der Waals surface area contributed by atoms with Crippen LogP contribution in [0.15, 0.2) is 83.8 Å². The SMILES string of the molecule is O=C(O)c1cc(N2CCN(c3ccccc3Cl)CC2)nc2ccc(NS(=O)(=O)c3ccccc3)cc12. The predicted octanol–water partition coefficient (Wildman–Crippen LogP) is 4.71. The summed E-state index contributed by atoms with van der Waals surface area (Å²) >= 11 is 6.34. The van der Waals surface area contributed by atoms with Crippen LogP contribution in [-0.2, 0) is 10.0 Å². The Morgan fingerprint density at radius 1 is 0.889 bits per heavy atom. The lowest BCUT2D eigenvalue weighted by Gasteiger charge is -2.37. The number of benzene rings is 3. The maximum absolute atomic E-state index is 12.7. The molecule has 0 saturated carbocycles. The molecule has 0 aliphatic carbocycles. The second-order valence-corrected chi connectivity index (χ2v) is 10.5. The molecule has 2 N–H and O–H groups in total. The fourth-order valence-electron chi connectivity index (χ4n) is 4.31. The zero-order valence-corrected chi connectivity index (χ0v) is 20.7. The third-order valence-corrected chi connectivity index (χ3v) is 7.84. The van der Waals surface area contributed by atoms with Crippen molar-refractivity contribution in [2.75, 3.05) is 40.7 Å². The highest BCUT2D eigenvalue weighted by Crippen LogP contribution is 2.30. The van der Waals surface area contributed by atoms with Gasteiger partial charge in [0.15, 0.2) is 0 Å². The number of nitrogens with zero attached hydrogens (tertiary/aromatic N) is 3. The average molecular weight is 523 g/mol. The Hall–Kier alpha value is -3.82. The van der Waals surface area contributed by atoms with E-state index in [-0.39, 0.29) is 16.1 Å². The zero-order valence-electron chi connectivity index (χ0n) is 19.1. The van der Waals surface area contributed by atoms with Crippen molar-refractivity contribution in [3.05, 3.63) is 89.4 Å². The number of aromatic carboxylic acids is 1. The summed E-state index contributed by atoms with van der Waals surface area (Å²) in [6.07, 6.45) is 0. The van der Waals surface area contributed by atoms with Crippen LogP contribution in [0, 0.1) is 0 Å². The first-order valence-corrected chi connectivity index (χ1v) is 13.2. The first-order chi connectivity index (χ1) is 17.3. The second kappa shape index (κ2) is 9.67. The van der Waals surface area contributed by atoms with Gasteiger partial charge in [0, 0.05) is 37.3 Å². The van der Waals surface area contributed by atoms with E-state index in [0.29, 0.717) is 47.9 Å². The van der Waals surface area contributed by atoms with Crippen LogP contribution < -0.4 is 14.5 Å². The molecule has 1 aliphatic rings. The second-order valence-electron chi connectivity index (χ2n) is 8.41. The summed E-state index contributed by atoms with van der Waals surface area (Å²) in [5.74, 6) is -0.544. The molecule has 0 atom stereocenters. The van der Waals surface area contributed by atoms with Gasteiger partial charge < -0.3 is 14.9 Å². The lowest BCUT2D eigenvalue weighted by molar-refractivity contribution is 0.0699. The molecule has 0 amide bonds. The molecule has 1 aromatic heterocycles. The summed E-state index contributed by atoms with van der Waals surface area (Å²) in [5, 5.41) is 11.0. The Morgan fingerprint density at radius 3 is 2.25 bits per heavy atom. The number of nitrogens with one attached hydrogen (secondary N) is 1. The van der Waals surface area contributed by atoms with Gasteiger partial charge in [-0.2, -0.15) is 0 Å². The number of aromatic nitrogens is 1. The van der Waals surface area contributed by atoms with E-state index in [0.717, 1.165) is 5.69 Å². The number of carboxylic acids is 1. The number of carboxylic acid groups (broad SMARTS) is 1. The van der Waals surface area contributed by atoms with Gasteiger partial charge in [0.05, 0.1) is 26.7 Å². The number of sulfonamides is 1. The van der Waals surface area contributed by atoms with Gasteiger partial charge in [0.25, 0.3) is 10.0 Å². The van der Waals surface area contributed by atoms with Crippen molar-refractivity contribution >= 4 is 55.7 Å². The Bertz CT molecular complexity index is 1540. The normalized spacial score (nSPS) is 14.1. The molecule has 3 aromatic carbocycles. The van der Waals surface area contributed by atoms with Crippen molar-refractivity contribution in [1.82, 2.24) is 4.98 Å². The molecule has 5 rings (SSSR count). The molecule has 1 saturated heterocycles. The fourth-order valence-corrected chi connectivity index (χ4v) is 5.64. The number of hydrogen-bond donors (Lipinski definition) is 2. The van der Waals surface area contributed by atoms with E-state index in [2.05, 4.69) is 9.62 Å². The van der Waals surface area contributed by atoms with Crippen LogP contribution in [0.1, 0.15) is 10.4 Å². The molecule has 2 heterocycles. The van der Waals surface area contributed by atoms with Crippen molar-refractivity contribution < 1.29 is 18.3 Å². The number of hydrogen-bond acceptors (Lipinski definition) is 6. The van der Waals surface area contributed by atoms with E-state index in [1.807, 2.05) is 29.2 Å². The molecule has 0 radical (unpaired) electrons. The van der Waals surface area contributed by atoms with Gasteiger partial charge in [-0.15, -0.1) is 0 Å². The topological polar surface area (TPSA) is 103 Å². The van der Waals surface area contributed by atoms with E-state index in [1.54, 1.807) is 36.4 Å². The van der Waals surface area contributed by atoms with Crippen molar-refractivity contribution in [1.29, 1.82) is 0 Å². The van der Waals surface area contributed by atoms with Gasteiger partial charge in [0.2, 0.25) is 0 Å². The fraction of sp³-hybridized carbons (Fsp3) is 0.154. The predicted molar refractivity (Wildman–Crippen MR) is 142 cm³/mol. The number of piperazine rings is 1. The van der Waals surface area contributed by atoms with E-state index in [9.17, 15) is 18.3 Å². The number of rotatable bonds is 6. The summed E-state index contributed by atoms with van der Waals surface area (Å²) < 4.78 is 27.9. The monoisotopic (exact) mass is 522 g/mol. The standard InChI is InChI=1S/C26H23ClN4O4S/c27-22-8-4-5-9-24(22)30-12-14-31(15-13-30)25-17-21(26(32)33)20-16-18(10-11-23(20)28-25)29-36(34,35)19-6-2-1-3-7-19/h1-11,16-17,29H,12-15H2,(H,32,33). The third kappa shape index (κ3) is 4.80. The quantitative estimate of drug-likeness (QED) is 0.378.